The summed E-state index contributed by atoms with van der Waals surface area (Å²) in [4.78, 5) is 12.2. The van der Waals surface area contributed by atoms with Gasteiger partial charge >= 0.3 is 0 Å². The Hall–Kier alpha value is -3.82. The van der Waals surface area contributed by atoms with Crippen LogP contribution in [0.1, 0.15) is 18.1 Å². The summed E-state index contributed by atoms with van der Waals surface area (Å²) in [6.45, 7) is 2.11. The number of hydrogen-bond donors (Lipinski definition) is 2. The molecule has 0 aliphatic carbocycles. The van der Waals surface area contributed by atoms with Crippen molar-refractivity contribution in [3.8, 4) is 11.3 Å². The maximum atomic E-state index is 13.9. The molecule has 0 aliphatic rings. The van der Waals surface area contributed by atoms with Gasteiger partial charge in [0.05, 0.1) is 18.3 Å². The minimum Gasteiger partial charge on any atom is -0.351 e. The summed E-state index contributed by atoms with van der Waals surface area (Å²) >= 11 is 0. The molecule has 1 amide bonds. The van der Waals surface area contributed by atoms with Crippen LogP contribution in [-0.2, 0) is 27.9 Å². The van der Waals surface area contributed by atoms with Crippen LogP contribution >= 0.6 is 0 Å². The first-order valence-corrected chi connectivity index (χ1v) is 12.5. The standard InChI is InChI=1S/C26H25FN4O3S/c1-19(30-35(33,34)24-15-9-8-14-23(24)27)26(32)28-16-22-18-31(17-20-10-4-2-5-11-20)29-25(22)21-12-6-3-7-13-21/h2-15,18-19,30H,16-17H2,1H3,(H,28,32)/t19-/m0/s1. The third kappa shape index (κ3) is 6.00. The van der Waals surface area contributed by atoms with Crippen molar-refractivity contribution >= 4 is 15.9 Å². The number of halogens is 1. The number of carbonyl (C=O) groups excluding carboxylic acids is 1. The van der Waals surface area contributed by atoms with Crippen molar-refractivity contribution < 1.29 is 17.6 Å². The second-order valence-electron chi connectivity index (χ2n) is 8.04. The molecule has 3 aromatic carbocycles. The minimum absolute atomic E-state index is 0.142. The van der Waals surface area contributed by atoms with E-state index < -0.39 is 32.7 Å². The fourth-order valence-electron chi connectivity index (χ4n) is 3.63. The van der Waals surface area contributed by atoms with Gasteiger partial charge in [-0.15, -0.1) is 0 Å². The monoisotopic (exact) mass is 492 g/mol. The summed E-state index contributed by atoms with van der Waals surface area (Å²) in [5.41, 5.74) is 3.49. The van der Waals surface area contributed by atoms with Gasteiger partial charge in [0.1, 0.15) is 10.7 Å². The van der Waals surface area contributed by atoms with Crippen LogP contribution in [0.25, 0.3) is 11.3 Å². The molecule has 0 aliphatic heterocycles. The van der Waals surface area contributed by atoms with Crippen molar-refractivity contribution in [2.45, 2.75) is 31.0 Å². The van der Waals surface area contributed by atoms with Crippen LogP contribution in [0.15, 0.2) is 96.0 Å². The van der Waals surface area contributed by atoms with Crippen LogP contribution in [0.5, 0.6) is 0 Å². The fourth-order valence-corrected chi connectivity index (χ4v) is 4.91. The Balaban J connectivity index is 1.49. The summed E-state index contributed by atoms with van der Waals surface area (Å²) in [5, 5.41) is 7.48. The highest BCUT2D eigenvalue weighted by Gasteiger charge is 2.24. The van der Waals surface area contributed by atoms with E-state index in [0.717, 1.165) is 34.5 Å². The largest absolute Gasteiger partial charge is 0.351 e. The first-order valence-electron chi connectivity index (χ1n) is 11.0. The first kappa shape index (κ1) is 24.3. The van der Waals surface area contributed by atoms with Crippen LogP contribution < -0.4 is 10.0 Å². The zero-order valence-electron chi connectivity index (χ0n) is 19.1. The van der Waals surface area contributed by atoms with Gasteiger partial charge in [-0.1, -0.05) is 72.8 Å². The molecule has 0 radical (unpaired) electrons. The number of nitrogens with zero attached hydrogens (tertiary/aromatic N) is 2. The van der Waals surface area contributed by atoms with Gasteiger partial charge in [-0.2, -0.15) is 9.82 Å². The highest BCUT2D eigenvalue weighted by atomic mass is 32.2. The number of carbonyl (C=O) groups is 1. The van der Waals surface area contributed by atoms with Gasteiger partial charge in [-0.25, -0.2) is 12.8 Å². The van der Waals surface area contributed by atoms with Crippen molar-refractivity contribution in [3.63, 3.8) is 0 Å². The molecular formula is C26H25FN4O3S. The highest BCUT2D eigenvalue weighted by Crippen LogP contribution is 2.22. The Morgan fingerprint density at radius 1 is 0.971 bits per heavy atom. The summed E-state index contributed by atoms with van der Waals surface area (Å²) in [7, 11) is -4.20. The van der Waals surface area contributed by atoms with Gasteiger partial charge in [0.15, 0.2) is 0 Å². The zero-order valence-corrected chi connectivity index (χ0v) is 19.9. The van der Waals surface area contributed by atoms with E-state index in [4.69, 9.17) is 5.10 Å². The van der Waals surface area contributed by atoms with Crippen LogP contribution in [-0.4, -0.2) is 30.1 Å². The Morgan fingerprint density at radius 2 is 1.60 bits per heavy atom. The summed E-state index contributed by atoms with van der Waals surface area (Å²) in [6, 6.07) is 23.4. The summed E-state index contributed by atoms with van der Waals surface area (Å²) in [5.74, 6) is -1.43. The SMILES string of the molecule is C[C@H](NS(=O)(=O)c1ccccc1F)C(=O)NCc1cn(Cc2ccccc2)nc1-c1ccccc1. The molecule has 35 heavy (non-hydrogen) atoms. The van der Waals surface area contributed by atoms with Crippen LogP contribution in [0, 0.1) is 5.82 Å². The molecular weight excluding hydrogens is 467 g/mol. The van der Waals surface area contributed by atoms with E-state index in [0.29, 0.717) is 6.54 Å². The Labute approximate surface area is 203 Å². The molecule has 0 saturated heterocycles. The van der Waals surface area contributed by atoms with Gasteiger partial charge in [0.2, 0.25) is 15.9 Å². The predicted octanol–water partition coefficient (Wildman–Crippen LogP) is 3.72. The molecule has 2 N–H and O–H groups in total. The van der Waals surface area contributed by atoms with Gasteiger partial charge in [-0.3, -0.25) is 9.48 Å². The molecule has 9 heteroatoms. The smallest absolute Gasteiger partial charge is 0.244 e. The van der Waals surface area contributed by atoms with Gasteiger partial charge in [-0.05, 0) is 24.6 Å². The molecule has 1 aromatic heterocycles. The fraction of sp³-hybridized carbons (Fsp3) is 0.154. The maximum absolute atomic E-state index is 13.9. The van der Waals surface area contributed by atoms with Crippen molar-refractivity contribution in [3.05, 3.63) is 108 Å². The number of sulfonamides is 1. The normalized spacial score (nSPS) is 12.3. The Kier molecular flexibility index (Phi) is 7.38. The first-order chi connectivity index (χ1) is 16.8. The maximum Gasteiger partial charge on any atom is 0.244 e. The lowest BCUT2D eigenvalue weighted by Gasteiger charge is -2.15. The molecule has 0 saturated carbocycles. The molecule has 0 spiro atoms. The number of rotatable bonds is 9. The highest BCUT2D eigenvalue weighted by molar-refractivity contribution is 7.89. The molecule has 1 heterocycles. The number of benzene rings is 3. The third-order valence-electron chi connectivity index (χ3n) is 5.38. The Bertz CT molecular complexity index is 1410. The molecule has 7 nitrogen and oxygen atoms in total. The van der Waals surface area contributed by atoms with Crippen LogP contribution in [0.2, 0.25) is 0 Å². The lowest BCUT2D eigenvalue weighted by Crippen LogP contribution is -2.44. The number of hydrogen-bond acceptors (Lipinski definition) is 4. The Morgan fingerprint density at radius 3 is 2.29 bits per heavy atom. The van der Waals surface area contributed by atoms with E-state index in [2.05, 4.69) is 10.0 Å². The van der Waals surface area contributed by atoms with E-state index in [1.165, 1.54) is 19.1 Å². The average Bonchev–Trinajstić information content (AvgIpc) is 3.26. The summed E-state index contributed by atoms with van der Waals surface area (Å²) in [6.07, 6.45) is 1.86. The van der Waals surface area contributed by atoms with Crippen molar-refractivity contribution in [2.75, 3.05) is 0 Å². The van der Waals surface area contributed by atoms with Crippen LogP contribution in [0.4, 0.5) is 4.39 Å². The number of amides is 1. The third-order valence-corrected chi connectivity index (χ3v) is 6.95. The predicted molar refractivity (Wildman–Crippen MR) is 131 cm³/mol. The van der Waals surface area contributed by atoms with Crippen molar-refractivity contribution in [1.82, 2.24) is 19.8 Å². The van der Waals surface area contributed by atoms with Gasteiger partial charge in [0, 0.05) is 23.9 Å². The second-order valence-corrected chi connectivity index (χ2v) is 9.73. The quantitative estimate of drug-likeness (QED) is 0.373. The lowest BCUT2D eigenvalue weighted by molar-refractivity contribution is -0.122. The zero-order chi connectivity index (χ0) is 24.8. The van der Waals surface area contributed by atoms with Gasteiger partial charge < -0.3 is 5.32 Å². The summed E-state index contributed by atoms with van der Waals surface area (Å²) < 4.78 is 43.0. The van der Waals surface area contributed by atoms with E-state index in [9.17, 15) is 17.6 Å². The lowest BCUT2D eigenvalue weighted by atomic mass is 10.1. The van der Waals surface area contributed by atoms with Crippen LogP contribution in [0.3, 0.4) is 0 Å². The van der Waals surface area contributed by atoms with Gasteiger partial charge in [0.25, 0.3) is 0 Å². The minimum atomic E-state index is -4.20. The molecule has 0 unspecified atom stereocenters. The topological polar surface area (TPSA) is 93.1 Å². The average molecular weight is 493 g/mol. The molecule has 180 valence electrons. The number of aromatic nitrogens is 2. The second kappa shape index (κ2) is 10.6. The molecule has 4 rings (SSSR count). The van der Waals surface area contributed by atoms with Crippen molar-refractivity contribution in [1.29, 1.82) is 0 Å². The number of nitrogens with one attached hydrogen (secondary N) is 2. The van der Waals surface area contributed by atoms with E-state index >= 15 is 0 Å². The molecule has 1 atom stereocenters. The molecule has 0 fully saturated rings. The molecule has 4 aromatic rings. The van der Waals surface area contributed by atoms with E-state index in [1.54, 1.807) is 0 Å². The van der Waals surface area contributed by atoms with Crippen molar-refractivity contribution in [2.24, 2.45) is 0 Å². The van der Waals surface area contributed by atoms with E-state index in [1.807, 2.05) is 71.5 Å². The molecule has 0 bridgehead atoms. The van der Waals surface area contributed by atoms with E-state index in [-0.39, 0.29) is 6.54 Å².